The largest absolute Gasteiger partial charge is 0.495 e. The summed E-state index contributed by atoms with van der Waals surface area (Å²) in [6.07, 6.45) is 0.656. The predicted molar refractivity (Wildman–Crippen MR) is 61.8 cm³/mol. The van der Waals surface area contributed by atoms with E-state index in [0.29, 0.717) is 12.3 Å². The maximum absolute atomic E-state index is 5.55. The molecule has 0 heterocycles. The van der Waals surface area contributed by atoms with E-state index in [4.69, 9.17) is 21.1 Å². The van der Waals surface area contributed by atoms with Gasteiger partial charge >= 0.3 is 0 Å². The number of benzene rings is 1. The van der Waals surface area contributed by atoms with Crippen molar-refractivity contribution in [2.75, 3.05) is 20.1 Å². The van der Waals surface area contributed by atoms with Crippen LogP contribution in [0, 0.1) is 11.8 Å². The molecule has 0 unspecified atom stereocenters. The fourth-order valence-corrected chi connectivity index (χ4v) is 1.27. The summed E-state index contributed by atoms with van der Waals surface area (Å²) in [5, 5.41) is 0. The van der Waals surface area contributed by atoms with Crippen LogP contribution in [0.3, 0.4) is 0 Å². The highest BCUT2D eigenvalue weighted by Crippen LogP contribution is 2.26. The summed E-state index contributed by atoms with van der Waals surface area (Å²) >= 11 is 5.55. The van der Waals surface area contributed by atoms with Crippen LogP contribution in [0.25, 0.3) is 0 Å². The van der Waals surface area contributed by atoms with Crippen LogP contribution in [-0.4, -0.2) is 20.1 Å². The second-order valence-corrected chi connectivity index (χ2v) is 3.16. The van der Waals surface area contributed by atoms with Gasteiger partial charge in [0.05, 0.1) is 14.2 Å². The third-order valence-corrected chi connectivity index (χ3v) is 2.05. The average Bonchev–Trinajstić information content (AvgIpc) is 2.29. The number of ether oxygens (including phenoxy) is 2. The van der Waals surface area contributed by atoms with Gasteiger partial charge in [-0.3, -0.25) is 0 Å². The lowest BCUT2D eigenvalue weighted by atomic mass is 10.2. The molecule has 0 aromatic heterocycles. The summed E-state index contributed by atoms with van der Waals surface area (Å²) in [6, 6.07) is 5.57. The monoisotopic (exact) mass is 224 g/mol. The van der Waals surface area contributed by atoms with Crippen molar-refractivity contribution in [3.63, 3.8) is 0 Å². The fraction of sp³-hybridized carbons (Fsp3) is 0.333. The molecule has 1 rings (SSSR count). The summed E-state index contributed by atoms with van der Waals surface area (Å²) in [6.45, 7) is 0. The molecule has 0 spiro atoms. The molecule has 0 aliphatic carbocycles. The van der Waals surface area contributed by atoms with E-state index in [9.17, 15) is 0 Å². The molecule has 0 saturated heterocycles. The van der Waals surface area contributed by atoms with Crippen LogP contribution in [0.15, 0.2) is 18.2 Å². The van der Waals surface area contributed by atoms with E-state index in [0.717, 1.165) is 17.1 Å². The Morgan fingerprint density at radius 1 is 1.20 bits per heavy atom. The number of hydrogen-bond donors (Lipinski definition) is 0. The molecular formula is C12H13ClO2. The second kappa shape index (κ2) is 6.21. The molecule has 0 aliphatic rings. The quantitative estimate of drug-likeness (QED) is 0.581. The molecule has 2 nitrogen and oxygen atoms in total. The van der Waals surface area contributed by atoms with E-state index >= 15 is 0 Å². The van der Waals surface area contributed by atoms with Gasteiger partial charge in [0.15, 0.2) is 0 Å². The third-order valence-electron chi connectivity index (χ3n) is 1.86. The van der Waals surface area contributed by atoms with Gasteiger partial charge < -0.3 is 9.47 Å². The van der Waals surface area contributed by atoms with Crippen LogP contribution in [-0.2, 0) is 0 Å². The highest BCUT2D eigenvalue weighted by molar-refractivity contribution is 6.18. The molecule has 0 amide bonds. The minimum absolute atomic E-state index is 0.532. The van der Waals surface area contributed by atoms with Crippen molar-refractivity contribution in [2.45, 2.75) is 6.42 Å². The molecular weight excluding hydrogens is 212 g/mol. The molecule has 0 N–H and O–H groups in total. The molecule has 0 bridgehead atoms. The molecule has 0 aliphatic heterocycles. The minimum atomic E-state index is 0.532. The molecule has 0 radical (unpaired) electrons. The smallest absolute Gasteiger partial charge is 0.138 e. The van der Waals surface area contributed by atoms with Gasteiger partial charge in [-0.2, -0.15) is 0 Å². The van der Waals surface area contributed by atoms with E-state index in [1.165, 1.54) is 0 Å². The number of methoxy groups -OCH3 is 2. The van der Waals surface area contributed by atoms with Crippen molar-refractivity contribution in [1.82, 2.24) is 0 Å². The maximum Gasteiger partial charge on any atom is 0.138 e. The Hall–Kier alpha value is -1.33. The highest BCUT2D eigenvalue weighted by Gasteiger charge is 2.05. The highest BCUT2D eigenvalue weighted by atomic mass is 35.5. The normalized spacial score (nSPS) is 9.00. The topological polar surface area (TPSA) is 18.5 Å². The van der Waals surface area contributed by atoms with E-state index < -0.39 is 0 Å². The van der Waals surface area contributed by atoms with Gasteiger partial charge in [-0.1, -0.05) is 17.9 Å². The van der Waals surface area contributed by atoms with Crippen LogP contribution in [0.4, 0.5) is 0 Å². The van der Waals surface area contributed by atoms with Crippen LogP contribution < -0.4 is 9.47 Å². The van der Waals surface area contributed by atoms with E-state index in [2.05, 4.69) is 11.8 Å². The van der Waals surface area contributed by atoms with E-state index in [1.807, 2.05) is 18.2 Å². The Bertz CT molecular complexity index is 355. The van der Waals surface area contributed by atoms with E-state index in [-0.39, 0.29) is 0 Å². The Kier molecular flexibility index (Phi) is 4.86. The van der Waals surface area contributed by atoms with Crippen LogP contribution >= 0.6 is 11.6 Å². The van der Waals surface area contributed by atoms with Gasteiger partial charge in [-0.05, 0) is 12.1 Å². The zero-order chi connectivity index (χ0) is 11.1. The van der Waals surface area contributed by atoms with Gasteiger partial charge in [-0.15, -0.1) is 11.6 Å². The van der Waals surface area contributed by atoms with Crippen molar-refractivity contribution in [3.8, 4) is 23.3 Å². The lowest BCUT2D eigenvalue weighted by Crippen LogP contribution is -1.92. The van der Waals surface area contributed by atoms with Crippen molar-refractivity contribution >= 4 is 11.6 Å². The average molecular weight is 225 g/mol. The second-order valence-electron chi connectivity index (χ2n) is 2.78. The van der Waals surface area contributed by atoms with Crippen molar-refractivity contribution in [1.29, 1.82) is 0 Å². The first kappa shape index (κ1) is 11.7. The molecule has 0 saturated carbocycles. The first-order valence-corrected chi connectivity index (χ1v) is 5.12. The maximum atomic E-state index is 5.55. The lowest BCUT2D eigenvalue weighted by molar-refractivity contribution is 0.392. The Morgan fingerprint density at radius 2 is 1.80 bits per heavy atom. The first-order valence-electron chi connectivity index (χ1n) is 4.59. The summed E-state index contributed by atoms with van der Waals surface area (Å²) in [5.41, 5.74) is 0.771. The predicted octanol–water partition coefficient (Wildman–Crippen LogP) is 2.68. The Labute approximate surface area is 95.2 Å². The van der Waals surface area contributed by atoms with Gasteiger partial charge in [0, 0.05) is 12.3 Å². The minimum Gasteiger partial charge on any atom is -0.495 e. The fourth-order valence-electron chi connectivity index (χ4n) is 1.17. The molecule has 80 valence electrons. The van der Waals surface area contributed by atoms with Crippen LogP contribution in [0.1, 0.15) is 12.0 Å². The van der Waals surface area contributed by atoms with E-state index in [1.54, 1.807) is 14.2 Å². The standard InChI is InChI=1S/C12H13ClO2/c1-14-11-7-5-8-12(15-2)10(11)6-3-4-9-13/h5,7-8H,4,9H2,1-2H3. The Balaban J connectivity index is 3.07. The molecule has 0 atom stereocenters. The zero-order valence-corrected chi connectivity index (χ0v) is 9.60. The lowest BCUT2D eigenvalue weighted by Gasteiger charge is -2.07. The number of halogens is 1. The number of rotatable bonds is 3. The molecule has 3 heteroatoms. The number of hydrogen-bond acceptors (Lipinski definition) is 2. The summed E-state index contributed by atoms with van der Waals surface area (Å²) in [4.78, 5) is 0. The molecule has 15 heavy (non-hydrogen) atoms. The van der Waals surface area contributed by atoms with Gasteiger partial charge in [0.25, 0.3) is 0 Å². The molecule has 1 aromatic carbocycles. The van der Waals surface area contributed by atoms with Gasteiger partial charge in [0.1, 0.15) is 17.1 Å². The summed E-state index contributed by atoms with van der Waals surface area (Å²) < 4.78 is 10.4. The Morgan fingerprint density at radius 3 is 2.27 bits per heavy atom. The van der Waals surface area contributed by atoms with Crippen molar-refractivity contribution in [2.24, 2.45) is 0 Å². The summed E-state index contributed by atoms with van der Waals surface area (Å²) in [7, 11) is 3.23. The molecule has 0 fully saturated rings. The summed E-state index contributed by atoms with van der Waals surface area (Å²) in [5.74, 6) is 7.93. The number of alkyl halides is 1. The zero-order valence-electron chi connectivity index (χ0n) is 8.84. The van der Waals surface area contributed by atoms with Gasteiger partial charge in [-0.25, -0.2) is 0 Å². The van der Waals surface area contributed by atoms with Crippen LogP contribution in [0.5, 0.6) is 11.5 Å². The van der Waals surface area contributed by atoms with Crippen LogP contribution in [0.2, 0.25) is 0 Å². The SMILES string of the molecule is COc1cccc(OC)c1C#CCCCl. The molecule has 1 aromatic rings. The van der Waals surface area contributed by atoms with Crippen molar-refractivity contribution in [3.05, 3.63) is 23.8 Å². The first-order chi connectivity index (χ1) is 7.33. The van der Waals surface area contributed by atoms with Gasteiger partial charge in [0.2, 0.25) is 0 Å². The van der Waals surface area contributed by atoms with Crippen molar-refractivity contribution < 1.29 is 9.47 Å². The third kappa shape index (κ3) is 3.07.